The van der Waals surface area contributed by atoms with Gasteiger partial charge in [0.25, 0.3) is 0 Å². The molecule has 1 aliphatic rings. The summed E-state index contributed by atoms with van der Waals surface area (Å²) in [6.07, 6.45) is 0.346. The van der Waals surface area contributed by atoms with Gasteiger partial charge in [0, 0.05) is 13.1 Å². The molecule has 0 saturated carbocycles. The molecule has 0 aromatic heterocycles. The first-order valence-corrected chi connectivity index (χ1v) is 6.87. The van der Waals surface area contributed by atoms with Crippen LogP contribution in [-0.4, -0.2) is 42.7 Å². The van der Waals surface area contributed by atoms with Crippen LogP contribution in [0.15, 0.2) is 24.3 Å². The molecule has 0 aliphatic carbocycles. The number of morpholine rings is 1. The van der Waals surface area contributed by atoms with Crippen LogP contribution in [0.5, 0.6) is 5.75 Å². The topological polar surface area (TPSA) is 38.8 Å². The second-order valence-corrected chi connectivity index (χ2v) is 5.08. The minimum atomic E-state index is -0.409. The Morgan fingerprint density at radius 3 is 2.65 bits per heavy atom. The zero-order chi connectivity index (χ0) is 14.5. The molecule has 2 atom stereocenters. The summed E-state index contributed by atoms with van der Waals surface area (Å²) < 4.78 is 24.2. The molecule has 0 N–H and O–H groups in total. The quantitative estimate of drug-likeness (QED) is 0.849. The Bertz CT molecular complexity index is 456. The standard InChI is InChI=1S/C15H20FNO3/c1-11-9-17(10-12(2)20-11)15(18)7-8-19-14-6-4-3-5-13(14)16/h3-6,11-12H,7-10H2,1-2H3. The van der Waals surface area contributed by atoms with E-state index in [1.54, 1.807) is 23.1 Å². The fraction of sp³-hybridized carbons (Fsp3) is 0.533. The van der Waals surface area contributed by atoms with Crippen molar-refractivity contribution in [2.45, 2.75) is 32.5 Å². The molecule has 5 heteroatoms. The lowest BCUT2D eigenvalue weighted by Crippen LogP contribution is -2.48. The molecule has 1 aromatic rings. The van der Waals surface area contributed by atoms with Crippen LogP contribution in [0.2, 0.25) is 0 Å². The Hall–Kier alpha value is -1.62. The zero-order valence-electron chi connectivity index (χ0n) is 11.8. The molecule has 4 nitrogen and oxygen atoms in total. The van der Waals surface area contributed by atoms with Crippen LogP contribution < -0.4 is 4.74 Å². The molecule has 1 aliphatic heterocycles. The van der Waals surface area contributed by atoms with E-state index in [1.165, 1.54) is 6.07 Å². The predicted octanol–water partition coefficient (Wildman–Crippen LogP) is 2.23. The summed E-state index contributed by atoms with van der Waals surface area (Å²) in [7, 11) is 0. The fourth-order valence-corrected chi connectivity index (χ4v) is 2.35. The molecule has 0 bridgehead atoms. The molecule has 0 spiro atoms. The molecule has 2 unspecified atom stereocenters. The van der Waals surface area contributed by atoms with Gasteiger partial charge in [-0.25, -0.2) is 4.39 Å². The second-order valence-electron chi connectivity index (χ2n) is 5.08. The maximum absolute atomic E-state index is 13.3. The summed E-state index contributed by atoms with van der Waals surface area (Å²) in [6.45, 7) is 5.28. The summed E-state index contributed by atoms with van der Waals surface area (Å²) in [6, 6.07) is 6.19. The zero-order valence-corrected chi connectivity index (χ0v) is 11.8. The summed E-state index contributed by atoms with van der Waals surface area (Å²) in [5.74, 6) is -0.207. The van der Waals surface area contributed by atoms with E-state index >= 15 is 0 Å². The molecule has 2 rings (SSSR count). The molecule has 20 heavy (non-hydrogen) atoms. The molecule has 1 amide bonds. The maximum atomic E-state index is 13.3. The van der Waals surface area contributed by atoms with Gasteiger partial charge in [-0.2, -0.15) is 0 Å². The maximum Gasteiger partial charge on any atom is 0.226 e. The number of hydrogen-bond donors (Lipinski definition) is 0. The molecular formula is C15H20FNO3. The summed E-state index contributed by atoms with van der Waals surface area (Å²) in [5, 5.41) is 0. The van der Waals surface area contributed by atoms with Crippen molar-refractivity contribution in [3.63, 3.8) is 0 Å². The van der Waals surface area contributed by atoms with E-state index in [1.807, 2.05) is 13.8 Å². The Morgan fingerprint density at radius 1 is 1.35 bits per heavy atom. The van der Waals surface area contributed by atoms with Gasteiger partial charge in [-0.05, 0) is 26.0 Å². The Balaban J connectivity index is 1.79. The first-order valence-electron chi connectivity index (χ1n) is 6.87. The van der Waals surface area contributed by atoms with Crippen molar-refractivity contribution in [2.24, 2.45) is 0 Å². The number of rotatable bonds is 4. The number of benzene rings is 1. The van der Waals surface area contributed by atoms with Gasteiger partial charge < -0.3 is 14.4 Å². The van der Waals surface area contributed by atoms with Crippen LogP contribution in [-0.2, 0) is 9.53 Å². The van der Waals surface area contributed by atoms with Crippen molar-refractivity contribution in [1.82, 2.24) is 4.90 Å². The van der Waals surface area contributed by atoms with Crippen LogP contribution in [0.25, 0.3) is 0 Å². The van der Waals surface area contributed by atoms with E-state index in [0.717, 1.165) is 0 Å². The highest BCUT2D eigenvalue weighted by molar-refractivity contribution is 5.76. The minimum Gasteiger partial charge on any atom is -0.490 e. The second kappa shape index (κ2) is 6.70. The van der Waals surface area contributed by atoms with Crippen LogP contribution >= 0.6 is 0 Å². The van der Waals surface area contributed by atoms with Gasteiger partial charge in [-0.1, -0.05) is 12.1 Å². The van der Waals surface area contributed by atoms with Crippen molar-refractivity contribution in [3.8, 4) is 5.75 Å². The minimum absolute atomic E-state index is 0.0170. The van der Waals surface area contributed by atoms with Gasteiger partial charge in [0.2, 0.25) is 5.91 Å². The van der Waals surface area contributed by atoms with Gasteiger partial charge in [0.05, 0.1) is 25.2 Å². The molecule has 1 aromatic carbocycles. The van der Waals surface area contributed by atoms with E-state index in [4.69, 9.17) is 9.47 Å². The summed E-state index contributed by atoms with van der Waals surface area (Å²) in [4.78, 5) is 13.8. The number of carbonyl (C=O) groups is 1. The lowest BCUT2D eigenvalue weighted by atomic mass is 10.2. The van der Waals surface area contributed by atoms with E-state index in [-0.39, 0.29) is 36.9 Å². The number of halogens is 1. The largest absolute Gasteiger partial charge is 0.490 e. The van der Waals surface area contributed by atoms with Crippen LogP contribution in [0.3, 0.4) is 0 Å². The molecule has 1 saturated heterocycles. The molecule has 1 fully saturated rings. The number of carbonyl (C=O) groups excluding carboxylic acids is 1. The first-order chi connectivity index (χ1) is 9.56. The third-order valence-electron chi connectivity index (χ3n) is 3.18. The smallest absolute Gasteiger partial charge is 0.226 e. The lowest BCUT2D eigenvalue weighted by Gasteiger charge is -2.35. The third kappa shape index (κ3) is 3.93. The van der Waals surface area contributed by atoms with Gasteiger partial charge in [-0.3, -0.25) is 4.79 Å². The van der Waals surface area contributed by atoms with Crippen LogP contribution in [0.4, 0.5) is 4.39 Å². The Morgan fingerprint density at radius 2 is 2.00 bits per heavy atom. The molecular weight excluding hydrogens is 261 g/mol. The van der Waals surface area contributed by atoms with E-state index < -0.39 is 5.82 Å². The van der Waals surface area contributed by atoms with Crippen molar-refractivity contribution in [1.29, 1.82) is 0 Å². The average Bonchev–Trinajstić information content (AvgIpc) is 2.39. The third-order valence-corrected chi connectivity index (χ3v) is 3.18. The number of amides is 1. The first kappa shape index (κ1) is 14.8. The van der Waals surface area contributed by atoms with Gasteiger partial charge >= 0.3 is 0 Å². The van der Waals surface area contributed by atoms with E-state index in [9.17, 15) is 9.18 Å². The monoisotopic (exact) mass is 281 g/mol. The van der Waals surface area contributed by atoms with Crippen LogP contribution in [0, 0.1) is 5.82 Å². The Kier molecular flexibility index (Phi) is 4.95. The lowest BCUT2D eigenvalue weighted by molar-refractivity contribution is -0.143. The highest BCUT2D eigenvalue weighted by Gasteiger charge is 2.25. The Labute approximate surface area is 118 Å². The fourth-order valence-electron chi connectivity index (χ4n) is 2.35. The number of hydrogen-bond acceptors (Lipinski definition) is 3. The highest BCUT2D eigenvalue weighted by Crippen LogP contribution is 2.16. The van der Waals surface area contributed by atoms with Gasteiger partial charge in [-0.15, -0.1) is 0 Å². The van der Waals surface area contributed by atoms with Crippen molar-refractivity contribution in [3.05, 3.63) is 30.1 Å². The molecule has 0 radical (unpaired) electrons. The number of ether oxygens (including phenoxy) is 2. The normalized spacial score (nSPS) is 22.6. The number of para-hydroxylation sites is 1. The van der Waals surface area contributed by atoms with E-state index in [0.29, 0.717) is 13.1 Å². The van der Waals surface area contributed by atoms with Crippen molar-refractivity contribution < 1.29 is 18.7 Å². The van der Waals surface area contributed by atoms with Crippen molar-refractivity contribution in [2.75, 3.05) is 19.7 Å². The summed E-state index contributed by atoms with van der Waals surface area (Å²) in [5.41, 5.74) is 0. The van der Waals surface area contributed by atoms with E-state index in [2.05, 4.69) is 0 Å². The molecule has 1 heterocycles. The molecule has 110 valence electrons. The number of nitrogens with zero attached hydrogens (tertiary/aromatic N) is 1. The summed E-state index contributed by atoms with van der Waals surface area (Å²) >= 11 is 0. The van der Waals surface area contributed by atoms with Gasteiger partial charge in [0.1, 0.15) is 0 Å². The highest BCUT2D eigenvalue weighted by atomic mass is 19.1. The van der Waals surface area contributed by atoms with Crippen molar-refractivity contribution >= 4 is 5.91 Å². The SMILES string of the molecule is CC1CN(C(=O)CCOc2ccccc2F)CC(C)O1. The average molecular weight is 281 g/mol. The van der Waals surface area contributed by atoms with Crippen LogP contribution in [0.1, 0.15) is 20.3 Å². The predicted molar refractivity (Wildman–Crippen MR) is 73.1 cm³/mol. The van der Waals surface area contributed by atoms with Gasteiger partial charge in [0.15, 0.2) is 11.6 Å².